The molecule has 0 fully saturated rings. The lowest BCUT2D eigenvalue weighted by molar-refractivity contribution is -0.0405. The van der Waals surface area contributed by atoms with Gasteiger partial charge in [0.15, 0.2) is 5.78 Å². The fourth-order valence-corrected chi connectivity index (χ4v) is 2.09. The molecule has 1 aromatic rings. The summed E-state index contributed by atoms with van der Waals surface area (Å²) < 4.78 is 25.2. The van der Waals surface area contributed by atoms with Gasteiger partial charge in [-0.1, -0.05) is 17.7 Å². The van der Waals surface area contributed by atoms with Crippen LogP contribution in [0.25, 0.3) is 0 Å². The van der Waals surface area contributed by atoms with E-state index < -0.39 is 23.7 Å². The molecule has 100 valence electrons. The van der Waals surface area contributed by atoms with E-state index in [-0.39, 0.29) is 0 Å². The van der Waals surface area contributed by atoms with Crippen LogP contribution in [0, 0.1) is 20.8 Å². The Kier molecular flexibility index (Phi) is 4.46. The Bertz CT molecular complexity index is 444. The van der Waals surface area contributed by atoms with Crippen molar-refractivity contribution in [2.75, 3.05) is 0 Å². The van der Waals surface area contributed by atoms with Gasteiger partial charge in [0.05, 0.1) is 0 Å². The number of rotatable bonds is 4. The van der Waals surface area contributed by atoms with Crippen molar-refractivity contribution in [2.45, 2.75) is 38.7 Å². The zero-order chi connectivity index (χ0) is 14.1. The molecule has 0 spiro atoms. The number of aliphatic hydroxyl groups excluding tert-OH is 1. The molecule has 1 aromatic carbocycles. The molecule has 0 saturated heterocycles. The van der Waals surface area contributed by atoms with E-state index in [1.807, 2.05) is 6.92 Å². The van der Waals surface area contributed by atoms with Crippen LogP contribution in [0.1, 0.15) is 33.5 Å². The summed E-state index contributed by atoms with van der Waals surface area (Å²) in [5.74, 6) is -0.530. The Hall–Kier alpha value is -1.00. The second-order valence-corrected chi connectivity index (χ2v) is 4.96. The smallest absolute Gasteiger partial charge is 0.347 e. The maximum absolute atomic E-state index is 12.6. The maximum Gasteiger partial charge on any atom is 0.347 e. The normalized spacial score (nSPS) is 13.5. The van der Waals surface area contributed by atoms with E-state index in [1.165, 1.54) is 0 Å². The zero-order valence-corrected chi connectivity index (χ0v) is 11.2. The fraction of sp³-hybridized carbons (Fsp3) is 0.462. The zero-order valence-electron chi connectivity index (χ0n) is 10.4. The van der Waals surface area contributed by atoms with Crippen LogP contribution in [0.4, 0.5) is 8.78 Å². The molecule has 0 saturated carbocycles. The number of aryl methyl sites for hydroxylation is 3. The molecule has 1 atom stereocenters. The van der Waals surface area contributed by atoms with Crippen molar-refractivity contribution in [3.8, 4) is 0 Å². The SMILES string of the molecule is Cc1cc(C)c(C(=O)CC(O)C(F)(F)Cl)c(C)c1. The number of alkyl halides is 3. The van der Waals surface area contributed by atoms with Crippen LogP contribution < -0.4 is 0 Å². The predicted molar refractivity (Wildman–Crippen MR) is 66.4 cm³/mol. The Morgan fingerprint density at radius 2 is 1.78 bits per heavy atom. The minimum absolute atomic E-state index is 0.376. The Balaban J connectivity index is 2.99. The molecule has 0 radical (unpaired) electrons. The quantitative estimate of drug-likeness (QED) is 0.676. The molecular weight excluding hydrogens is 262 g/mol. The standard InChI is InChI=1S/C13H15ClF2O2/c1-7-4-8(2)12(9(3)5-7)10(17)6-11(18)13(14,15)16/h4-5,11,18H,6H2,1-3H3. The van der Waals surface area contributed by atoms with Crippen LogP contribution in [0.15, 0.2) is 12.1 Å². The van der Waals surface area contributed by atoms with Gasteiger partial charge in [-0.15, -0.1) is 0 Å². The number of Topliss-reactive ketones (excluding diaryl/α,β-unsaturated/α-hetero) is 1. The number of ketones is 1. The molecule has 0 amide bonds. The van der Waals surface area contributed by atoms with Gasteiger partial charge in [0.1, 0.15) is 6.10 Å². The van der Waals surface area contributed by atoms with Gasteiger partial charge in [-0.25, -0.2) is 0 Å². The van der Waals surface area contributed by atoms with E-state index in [9.17, 15) is 13.6 Å². The van der Waals surface area contributed by atoms with Gasteiger partial charge in [0, 0.05) is 12.0 Å². The minimum atomic E-state index is -3.79. The lowest BCUT2D eigenvalue weighted by Gasteiger charge is -2.16. The summed E-state index contributed by atoms with van der Waals surface area (Å²) in [4.78, 5) is 11.9. The van der Waals surface area contributed by atoms with Crippen molar-refractivity contribution >= 4 is 17.4 Å². The predicted octanol–water partition coefficient (Wildman–Crippen LogP) is 3.38. The monoisotopic (exact) mass is 276 g/mol. The van der Waals surface area contributed by atoms with Crippen molar-refractivity contribution in [1.29, 1.82) is 0 Å². The first-order valence-electron chi connectivity index (χ1n) is 5.48. The number of halogens is 3. The highest BCUT2D eigenvalue weighted by Crippen LogP contribution is 2.27. The molecule has 5 heteroatoms. The number of hydrogen-bond donors (Lipinski definition) is 1. The highest BCUT2D eigenvalue weighted by atomic mass is 35.5. The number of hydrogen-bond acceptors (Lipinski definition) is 2. The summed E-state index contributed by atoms with van der Waals surface area (Å²) in [6.45, 7) is 5.35. The first-order chi connectivity index (χ1) is 8.12. The van der Waals surface area contributed by atoms with Crippen molar-refractivity contribution < 1.29 is 18.7 Å². The van der Waals surface area contributed by atoms with Gasteiger partial charge in [-0.3, -0.25) is 4.79 Å². The van der Waals surface area contributed by atoms with Crippen LogP contribution in [-0.2, 0) is 0 Å². The van der Waals surface area contributed by atoms with E-state index >= 15 is 0 Å². The fourth-order valence-electron chi connectivity index (χ4n) is 2.01. The molecule has 0 aromatic heterocycles. The molecule has 1 unspecified atom stereocenters. The Morgan fingerprint density at radius 1 is 1.33 bits per heavy atom. The van der Waals surface area contributed by atoms with Crippen LogP contribution in [0.5, 0.6) is 0 Å². The van der Waals surface area contributed by atoms with Gasteiger partial charge >= 0.3 is 5.38 Å². The molecule has 18 heavy (non-hydrogen) atoms. The first-order valence-corrected chi connectivity index (χ1v) is 5.86. The molecule has 0 aliphatic heterocycles. The van der Waals surface area contributed by atoms with Crippen molar-refractivity contribution in [3.63, 3.8) is 0 Å². The number of benzene rings is 1. The third kappa shape index (κ3) is 3.50. The van der Waals surface area contributed by atoms with E-state index in [0.717, 1.165) is 5.56 Å². The third-order valence-electron chi connectivity index (χ3n) is 2.71. The van der Waals surface area contributed by atoms with Crippen molar-refractivity contribution in [2.24, 2.45) is 0 Å². The maximum atomic E-state index is 12.6. The van der Waals surface area contributed by atoms with Crippen LogP contribution in [0.2, 0.25) is 0 Å². The van der Waals surface area contributed by atoms with E-state index in [4.69, 9.17) is 5.11 Å². The Morgan fingerprint density at radius 3 is 2.17 bits per heavy atom. The van der Waals surface area contributed by atoms with Crippen LogP contribution in [-0.4, -0.2) is 22.4 Å². The largest absolute Gasteiger partial charge is 0.385 e. The summed E-state index contributed by atoms with van der Waals surface area (Å²) in [6, 6.07) is 3.59. The first kappa shape index (κ1) is 15.1. The van der Waals surface area contributed by atoms with Crippen LogP contribution >= 0.6 is 11.6 Å². The number of carbonyl (C=O) groups excluding carboxylic acids is 1. The minimum Gasteiger partial charge on any atom is -0.385 e. The average Bonchev–Trinajstić information content (AvgIpc) is 2.13. The summed E-state index contributed by atoms with van der Waals surface area (Å²) in [5, 5.41) is 5.36. The second-order valence-electron chi connectivity index (χ2n) is 4.46. The highest BCUT2D eigenvalue weighted by molar-refractivity contribution is 6.22. The lowest BCUT2D eigenvalue weighted by Crippen LogP contribution is -2.30. The van der Waals surface area contributed by atoms with Crippen LogP contribution in [0.3, 0.4) is 0 Å². The van der Waals surface area contributed by atoms with E-state index in [2.05, 4.69) is 11.6 Å². The van der Waals surface area contributed by atoms with Crippen molar-refractivity contribution in [3.05, 3.63) is 34.4 Å². The van der Waals surface area contributed by atoms with Crippen molar-refractivity contribution in [1.82, 2.24) is 0 Å². The van der Waals surface area contributed by atoms with Gasteiger partial charge in [-0.2, -0.15) is 8.78 Å². The molecule has 0 bridgehead atoms. The van der Waals surface area contributed by atoms with Gasteiger partial charge in [0.25, 0.3) is 0 Å². The lowest BCUT2D eigenvalue weighted by atomic mass is 9.94. The molecule has 0 aliphatic carbocycles. The average molecular weight is 277 g/mol. The molecule has 1 rings (SSSR count). The highest BCUT2D eigenvalue weighted by Gasteiger charge is 2.37. The molecular formula is C13H15ClF2O2. The summed E-state index contributed by atoms with van der Waals surface area (Å²) in [5.41, 5.74) is 2.79. The van der Waals surface area contributed by atoms with E-state index in [1.54, 1.807) is 26.0 Å². The Labute approximate surface area is 110 Å². The number of carbonyl (C=O) groups is 1. The molecule has 2 nitrogen and oxygen atoms in total. The third-order valence-corrected chi connectivity index (χ3v) is 2.96. The van der Waals surface area contributed by atoms with Gasteiger partial charge < -0.3 is 5.11 Å². The summed E-state index contributed by atoms with van der Waals surface area (Å²) in [6.07, 6.45) is -2.87. The molecule has 0 heterocycles. The summed E-state index contributed by atoms with van der Waals surface area (Å²) >= 11 is 4.68. The molecule has 1 N–H and O–H groups in total. The number of aliphatic hydroxyl groups is 1. The summed E-state index contributed by atoms with van der Waals surface area (Å²) in [7, 11) is 0. The molecule has 0 aliphatic rings. The second kappa shape index (κ2) is 5.33. The van der Waals surface area contributed by atoms with Gasteiger partial charge in [0.2, 0.25) is 0 Å². The van der Waals surface area contributed by atoms with E-state index in [0.29, 0.717) is 16.7 Å². The van der Waals surface area contributed by atoms with Gasteiger partial charge in [-0.05, 0) is 43.5 Å². The topological polar surface area (TPSA) is 37.3 Å².